The first-order chi connectivity index (χ1) is 9.34. The third-order valence-electron chi connectivity index (χ3n) is 4.14. The second-order valence-corrected chi connectivity index (χ2v) is 8.90. The van der Waals surface area contributed by atoms with Gasteiger partial charge in [0.2, 0.25) is 5.91 Å². The van der Waals surface area contributed by atoms with Crippen LogP contribution in [0.3, 0.4) is 0 Å². The molecule has 1 N–H and O–H groups in total. The highest BCUT2D eigenvalue weighted by atomic mass is 16.2. The van der Waals surface area contributed by atoms with E-state index in [4.69, 9.17) is 0 Å². The lowest BCUT2D eigenvalue weighted by atomic mass is 9.78. The van der Waals surface area contributed by atoms with Crippen molar-refractivity contribution in [2.45, 2.75) is 67.9 Å². The van der Waals surface area contributed by atoms with E-state index in [1.807, 2.05) is 0 Å². The minimum Gasteiger partial charge on any atom is -0.328 e. The zero-order valence-electron chi connectivity index (χ0n) is 15.4. The lowest BCUT2D eigenvalue weighted by Gasteiger charge is -2.33. The van der Waals surface area contributed by atoms with Crippen LogP contribution >= 0.6 is 0 Å². The summed E-state index contributed by atoms with van der Waals surface area (Å²) >= 11 is 0. The van der Waals surface area contributed by atoms with E-state index in [1.165, 1.54) is 5.57 Å². The topological polar surface area (TPSA) is 32.3 Å². The van der Waals surface area contributed by atoms with Crippen molar-refractivity contribution < 1.29 is 4.79 Å². The van der Waals surface area contributed by atoms with E-state index < -0.39 is 0 Å². The van der Waals surface area contributed by atoms with E-state index in [-0.39, 0.29) is 22.8 Å². The van der Waals surface area contributed by atoms with Gasteiger partial charge in [-0.1, -0.05) is 55.4 Å². The Morgan fingerprint density at radius 2 is 1.67 bits per heavy atom. The number of rotatable bonds is 2. The van der Waals surface area contributed by atoms with E-state index in [1.54, 1.807) is 0 Å². The van der Waals surface area contributed by atoms with Gasteiger partial charge in [-0.05, 0) is 30.4 Å². The average molecular weight is 294 g/mol. The normalized spacial score (nSPS) is 22.6. The molecule has 3 nitrogen and oxygen atoms in total. The molecule has 0 aromatic heterocycles. The molecule has 0 bridgehead atoms. The summed E-state index contributed by atoms with van der Waals surface area (Å²) in [4.78, 5) is 14.9. The summed E-state index contributed by atoms with van der Waals surface area (Å²) in [5, 5.41) is 3.26. The zero-order valence-corrected chi connectivity index (χ0v) is 15.4. The number of hydrogen-bond acceptors (Lipinski definition) is 2. The Morgan fingerprint density at radius 1 is 1.14 bits per heavy atom. The summed E-state index contributed by atoms with van der Waals surface area (Å²) in [5.74, 6) is 0.660. The SMILES string of the molecule is CC(C)C[C@H]1C(=O)NC(C(C)(C)C)=C(C(C)(C)C)CN1C. The van der Waals surface area contributed by atoms with Gasteiger partial charge in [0, 0.05) is 17.7 Å². The van der Waals surface area contributed by atoms with Gasteiger partial charge in [0.25, 0.3) is 0 Å². The summed E-state index contributed by atoms with van der Waals surface area (Å²) in [6.07, 6.45) is 0.900. The second kappa shape index (κ2) is 6.12. The molecule has 3 heteroatoms. The molecule has 0 aliphatic carbocycles. The number of nitrogens with one attached hydrogen (secondary N) is 1. The van der Waals surface area contributed by atoms with Crippen LogP contribution in [0.1, 0.15) is 61.8 Å². The fourth-order valence-electron chi connectivity index (χ4n) is 2.91. The number of allylic oxidation sites excluding steroid dienone is 1. The zero-order chi connectivity index (χ0) is 16.6. The van der Waals surface area contributed by atoms with E-state index in [9.17, 15) is 4.79 Å². The molecule has 0 unspecified atom stereocenters. The van der Waals surface area contributed by atoms with Crippen LogP contribution in [0.5, 0.6) is 0 Å². The van der Waals surface area contributed by atoms with Gasteiger partial charge < -0.3 is 5.32 Å². The van der Waals surface area contributed by atoms with Crippen LogP contribution in [0, 0.1) is 16.7 Å². The first kappa shape index (κ1) is 18.2. The average Bonchev–Trinajstić information content (AvgIpc) is 2.37. The van der Waals surface area contributed by atoms with E-state index in [0.29, 0.717) is 5.92 Å². The number of likely N-dealkylation sites (N-methyl/N-ethyl adjacent to an activating group) is 1. The van der Waals surface area contributed by atoms with Gasteiger partial charge in [-0.2, -0.15) is 0 Å². The minimum atomic E-state index is -0.0498. The molecule has 1 atom stereocenters. The van der Waals surface area contributed by atoms with E-state index in [2.05, 4.69) is 72.7 Å². The van der Waals surface area contributed by atoms with Crippen LogP contribution in [-0.4, -0.2) is 30.4 Å². The fraction of sp³-hybridized carbons (Fsp3) is 0.833. The largest absolute Gasteiger partial charge is 0.328 e. The van der Waals surface area contributed by atoms with Crippen LogP contribution in [0.15, 0.2) is 11.3 Å². The molecule has 1 heterocycles. The van der Waals surface area contributed by atoms with E-state index in [0.717, 1.165) is 18.7 Å². The third kappa shape index (κ3) is 4.57. The van der Waals surface area contributed by atoms with Crippen LogP contribution in [0.4, 0.5) is 0 Å². The van der Waals surface area contributed by atoms with Crippen molar-refractivity contribution >= 4 is 5.91 Å². The Bertz CT molecular complexity index is 421. The lowest BCUT2D eigenvalue weighted by molar-refractivity contribution is -0.125. The molecule has 0 fully saturated rings. The van der Waals surface area contributed by atoms with Crippen molar-refractivity contribution in [3.8, 4) is 0 Å². The van der Waals surface area contributed by atoms with Crippen molar-refractivity contribution in [3.05, 3.63) is 11.3 Å². The maximum Gasteiger partial charge on any atom is 0.241 e. The molecule has 1 aliphatic heterocycles. The van der Waals surface area contributed by atoms with Crippen LogP contribution in [-0.2, 0) is 4.79 Å². The number of carbonyl (C=O) groups excluding carboxylic acids is 1. The Balaban J connectivity index is 3.27. The smallest absolute Gasteiger partial charge is 0.241 e. The Kier molecular flexibility index (Phi) is 5.31. The monoisotopic (exact) mass is 294 g/mol. The standard InChI is InChI=1S/C18H34N2O/c1-12(2)10-14-16(21)19-15(18(6,7)8)13(11-20(14)9)17(3,4)5/h12,14H,10-11H2,1-9H3,(H,19,21)/t14-/m0/s1. The first-order valence-electron chi connectivity index (χ1n) is 8.09. The number of carbonyl (C=O) groups is 1. The molecule has 1 rings (SSSR count). The van der Waals surface area contributed by atoms with Gasteiger partial charge in [0.05, 0.1) is 6.04 Å². The number of nitrogens with zero attached hydrogens (tertiary/aromatic N) is 1. The molecule has 0 saturated carbocycles. The number of hydrogen-bond donors (Lipinski definition) is 1. The fourth-order valence-corrected chi connectivity index (χ4v) is 2.91. The maximum absolute atomic E-state index is 12.7. The third-order valence-corrected chi connectivity index (χ3v) is 4.14. The minimum absolute atomic E-state index is 0.0396. The van der Waals surface area contributed by atoms with Gasteiger partial charge in [-0.3, -0.25) is 9.69 Å². The van der Waals surface area contributed by atoms with Crippen molar-refractivity contribution in [2.75, 3.05) is 13.6 Å². The predicted molar refractivity (Wildman–Crippen MR) is 90.0 cm³/mol. The van der Waals surface area contributed by atoms with Gasteiger partial charge in [-0.25, -0.2) is 0 Å². The summed E-state index contributed by atoms with van der Waals surface area (Å²) in [7, 11) is 2.07. The summed E-state index contributed by atoms with van der Waals surface area (Å²) < 4.78 is 0. The van der Waals surface area contributed by atoms with Gasteiger partial charge in [0.1, 0.15) is 0 Å². The molecule has 0 aromatic carbocycles. The summed E-state index contributed by atoms with van der Waals surface area (Å²) in [6, 6.07) is -0.0396. The number of amides is 1. The molecule has 0 spiro atoms. The molecule has 0 radical (unpaired) electrons. The molecule has 21 heavy (non-hydrogen) atoms. The molecule has 1 amide bonds. The Hall–Kier alpha value is -0.830. The van der Waals surface area contributed by atoms with Crippen LogP contribution in [0.2, 0.25) is 0 Å². The van der Waals surface area contributed by atoms with Crippen LogP contribution in [0.25, 0.3) is 0 Å². The second-order valence-electron chi connectivity index (χ2n) is 8.90. The quantitative estimate of drug-likeness (QED) is 0.840. The highest BCUT2D eigenvalue weighted by Crippen LogP contribution is 2.37. The summed E-state index contributed by atoms with van der Waals surface area (Å²) in [5.41, 5.74) is 2.46. The molecule has 122 valence electrons. The highest BCUT2D eigenvalue weighted by Gasteiger charge is 2.36. The highest BCUT2D eigenvalue weighted by molar-refractivity contribution is 5.84. The first-order valence-corrected chi connectivity index (χ1v) is 8.09. The molecule has 0 saturated heterocycles. The van der Waals surface area contributed by atoms with Crippen molar-refractivity contribution in [1.29, 1.82) is 0 Å². The lowest BCUT2D eigenvalue weighted by Crippen LogP contribution is -2.44. The molecular formula is C18H34N2O. The van der Waals surface area contributed by atoms with Gasteiger partial charge >= 0.3 is 0 Å². The van der Waals surface area contributed by atoms with Crippen molar-refractivity contribution in [2.24, 2.45) is 16.7 Å². The van der Waals surface area contributed by atoms with Gasteiger partial charge in [0.15, 0.2) is 0 Å². The van der Waals surface area contributed by atoms with E-state index >= 15 is 0 Å². The summed E-state index contributed by atoms with van der Waals surface area (Å²) in [6.45, 7) is 18.4. The van der Waals surface area contributed by atoms with Crippen molar-refractivity contribution in [3.63, 3.8) is 0 Å². The molecule has 0 aromatic rings. The Morgan fingerprint density at radius 3 is 2.05 bits per heavy atom. The van der Waals surface area contributed by atoms with Gasteiger partial charge in [-0.15, -0.1) is 0 Å². The van der Waals surface area contributed by atoms with Crippen LogP contribution < -0.4 is 5.32 Å². The van der Waals surface area contributed by atoms with Crippen molar-refractivity contribution in [1.82, 2.24) is 10.2 Å². The predicted octanol–water partition coefficient (Wildman–Crippen LogP) is 3.81. The molecular weight excluding hydrogens is 260 g/mol. The molecule has 1 aliphatic rings. The Labute approximate surface area is 131 Å². The maximum atomic E-state index is 12.7.